The van der Waals surface area contributed by atoms with Gasteiger partial charge in [-0.2, -0.15) is 0 Å². The van der Waals surface area contributed by atoms with Crippen LogP contribution in [0.1, 0.15) is 27.2 Å². The third-order valence-corrected chi connectivity index (χ3v) is 6.40. The number of rotatable bonds is 21. The molecule has 0 saturated carbocycles. The van der Waals surface area contributed by atoms with Crippen LogP contribution in [-0.2, 0) is 38.2 Å². The summed E-state index contributed by atoms with van der Waals surface area (Å²) in [5.41, 5.74) is 0. The molecule has 3 amide bonds. The van der Waals surface area contributed by atoms with Gasteiger partial charge >= 0.3 is 17.9 Å². The third-order valence-electron chi connectivity index (χ3n) is 6.40. The predicted octanol–water partition coefficient (Wildman–Crippen LogP) is -8.70. The van der Waals surface area contributed by atoms with Crippen LogP contribution in [0.15, 0.2) is 0 Å². The van der Waals surface area contributed by atoms with Crippen LogP contribution in [-0.4, -0.2) is 185 Å². The Kier molecular flexibility index (Phi) is 19.0. The summed E-state index contributed by atoms with van der Waals surface area (Å²) >= 11 is 0. The molecule has 0 aliphatic heterocycles. The summed E-state index contributed by atoms with van der Waals surface area (Å²) in [4.78, 5) is 74.4. The Morgan fingerprint density at radius 1 is 0.596 bits per heavy atom. The number of carbonyl (C=O) groups is 6. The fourth-order valence-electron chi connectivity index (χ4n) is 3.87. The fourth-order valence-corrected chi connectivity index (χ4v) is 3.87. The molecular weight excluding hydrogens is 646 g/mol. The van der Waals surface area contributed by atoms with Gasteiger partial charge in [0.25, 0.3) is 0 Å². The Morgan fingerprint density at radius 2 is 1.00 bits per heavy atom. The number of carboxylic acids is 1. The van der Waals surface area contributed by atoms with Gasteiger partial charge in [0.1, 0.15) is 48.8 Å². The summed E-state index contributed by atoms with van der Waals surface area (Å²) in [7, 11) is 0. The molecule has 22 nitrogen and oxygen atoms in total. The summed E-state index contributed by atoms with van der Waals surface area (Å²) in [5.74, 6) is -8.92. The molecule has 272 valence electrons. The van der Waals surface area contributed by atoms with Gasteiger partial charge in [-0.1, -0.05) is 6.92 Å². The molecule has 0 aromatic rings. The number of carboxylic acid groups (broad SMARTS) is 1. The molecule has 0 aromatic carbocycles. The first-order valence-corrected chi connectivity index (χ1v) is 13.9. The Morgan fingerprint density at radius 3 is 1.36 bits per heavy atom. The molecule has 0 spiro atoms. The largest absolute Gasteiger partial charge is 0.478 e. The van der Waals surface area contributed by atoms with Crippen molar-refractivity contribution in [2.45, 2.75) is 100 Å². The standard InChI is InChI=1S/C25H43N3O19/c1-4-13(37)28-15(20(41)18(39)11(35)6-30)25(45)47-22(23(42)43)16(27-9(3)33)21(12(36)7-31)46-24(44)14(26-8(2)32)19(40)17(38)10(34)5-29/h10-12,14-22,29-31,34-36,38-41H,4-7H2,1-3H3,(H,26,32)(H,27,33)(H,28,37)(H,42,43)/t10-,11-,12-,14-,15-,16+,17+,18+,19+,20-,21-,22-/m1/s1. The molecule has 0 unspecified atom stereocenters. The minimum atomic E-state index is -2.73. The third kappa shape index (κ3) is 13.2. The maximum atomic E-state index is 13.1. The molecule has 0 saturated heterocycles. The van der Waals surface area contributed by atoms with Crippen molar-refractivity contribution >= 4 is 35.6 Å². The molecular formula is C25H43N3O19. The lowest BCUT2D eigenvalue weighted by Gasteiger charge is -2.36. The quantitative estimate of drug-likeness (QED) is 0.0497. The normalized spacial score (nSPS) is 19.1. The van der Waals surface area contributed by atoms with Crippen molar-refractivity contribution in [3.8, 4) is 0 Å². The first-order chi connectivity index (χ1) is 21.8. The topological polar surface area (TPSA) is 380 Å². The SMILES string of the molecule is CCC(=O)N[C@@H](C(=O)O[C@@H](C(=O)O)[C@@H](NC(C)=O)[C@H](OC(=O)[C@H](NC(C)=O)[C@H](O)[C@@H](O)[C@H](O)CO)[C@H](O)CO)[C@@H](O)[C@@H](O)[C@H](O)CO. The van der Waals surface area contributed by atoms with Gasteiger partial charge in [0.05, 0.1) is 19.8 Å². The molecule has 47 heavy (non-hydrogen) atoms. The maximum absolute atomic E-state index is 13.1. The lowest BCUT2D eigenvalue weighted by atomic mass is 9.97. The minimum Gasteiger partial charge on any atom is -0.478 e. The molecule has 0 rings (SSSR count). The minimum absolute atomic E-state index is 0.335. The van der Waals surface area contributed by atoms with Crippen LogP contribution in [0.25, 0.3) is 0 Å². The van der Waals surface area contributed by atoms with Crippen LogP contribution in [0.4, 0.5) is 0 Å². The molecule has 12 atom stereocenters. The number of hydrogen-bond acceptors (Lipinski definition) is 18. The van der Waals surface area contributed by atoms with E-state index in [1.54, 1.807) is 0 Å². The van der Waals surface area contributed by atoms with E-state index in [2.05, 4.69) is 0 Å². The van der Waals surface area contributed by atoms with Gasteiger partial charge in [0.15, 0.2) is 18.2 Å². The second kappa shape index (κ2) is 20.6. The van der Waals surface area contributed by atoms with E-state index in [0.717, 1.165) is 13.8 Å². The monoisotopic (exact) mass is 689 g/mol. The van der Waals surface area contributed by atoms with Crippen LogP contribution >= 0.6 is 0 Å². The zero-order valence-electron chi connectivity index (χ0n) is 25.4. The Hall–Kier alpha value is -3.58. The van der Waals surface area contributed by atoms with E-state index < -0.39 is 129 Å². The number of carbonyl (C=O) groups excluding carboxylic acids is 5. The summed E-state index contributed by atoms with van der Waals surface area (Å²) in [6, 6.07) is -7.03. The summed E-state index contributed by atoms with van der Waals surface area (Å²) in [5, 5.41) is 114. The Bertz CT molecular complexity index is 1060. The lowest BCUT2D eigenvalue weighted by Crippen LogP contribution is -2.63. The second-order valence-corrected chi connectivity index (χ2v) is 10.1. The average molecular weight is 690 g/mol. The van der Waals surface area contributed by atoms with E-state index in [0.29, 0.717) is 0 Å². The van der Waals surface area contributed by atoms with Crippen LogP contribution in [0.3, 0.4) is 0 Å². The number of aliphatic hydroxyl groups is 10. The summed E-state index contributed by atoms with van der Waals surface area (Å²) < 4.78 is 9.93. The number of esters is 2. The van der Waals surface area contributed by atoms with Crippen LogP contribution in [0.2, 0.25) is 0 Å². The van der Waals surface area contributed by atoms with Crippen molar-refractivity contribution in [3.05, 3.63) is 0 Å². The summed E-state index contributed by atoms with van der Waals surface area (Å²) in [6.45, 7) is -0.699. The zero-order chi connectivity index (χ0) is 36.8. The molecule has 0 aliphatic carbocycles. The zero-order valence-corrected chi connectivity index (χ0v) is 25.4. The van der Waals surface area contributed by atoms with Gasteiger partial charge in [-0.3, -0.25) is 14.4 Å². The highest BCUT2D eigenvalue weighted by atomic mass is 16.6. The highest BCUT2D eigenvalue weighted by molar-refractivity contribution is 5.87. The number of aliphatic carboxylic acids is 1. The molecule has 0 fully saturated rings. The van der Waals surface area contributed by atoms with E-state index in [-0.39, 0.29) is 6.42 Å². The van der Waals surface area contributed by atoms with Crippen LogP contribution in [0, 0.1) is 0 Å². The molecule has 0 bridgehead atoms. The molecule has 0 aliphatic rings. The van der Waals surface area contributed by atoms with Gasteiger partial charge in [-0.05, 0) is 0 Å². The predicted molar refractivity (Wildman–Crippen MR) is 148 cm³/mol. The molecule has 0 aromatic heterocycles. The van der Waals surface area contributed by atoms with Crippen LogP contribution < -0.4 is 16.0 Å². The van der Waals surface area contributed by atoms with Crippen molar-refractivity contribution in [2.75, 3.05) is 19.8 Å². The van der Waals surface area contributed by atoms with E-state index in [4.69, 9.17) is 19.7 Å². The van der Waals surface area contributed by atoms with Gasteiger partial charge in [0, 0.05) is 20.3 Å². The molecule has 14 N–H and O–H groups in total. The fraction of sp³-hybridized carbons (Fsp3) is 0.760. The first kappa shape index (κ1) is 43.4. The van der Waals surface area contributed by atoms with Crippen molar-refractivity contribution in [3.63, 3.8) is 0 Å². The summed E-state index contributed by atoms with van der Waals surface area (Å²) in [6.07, 6.45) is -21.5. The van der Waals surface area contributed by atoms with Crippen molar-refractivity contribution in [1.82, 2.24) is 16.0 Å². The Labute approximate surface area is 266 Å². The Balaban J connectivity index is 6.85. The highest BCUT2D eigenvalue weighted by Crippen LogP contribution is 2.18. The molecule has 22 heteroatoms. The number of hydrogen-bond donors (Lipinski definition) is 14. The van der Waals surface area contributed by atoms with E-state index >= 15 is 0 Å². The van der Waals surface area contributed by atoms with Crippen LogP contribution in [0.5, 0.6) is 0 Å². The average Bonchev–Trinajstić information content (AvgIpc) is 3.03. The second-order valence-electron chi connectivity index (χ2n) is 10.1. The van der Waals surface area contributed by atoms with Gasteiger partial charge in [0.2, 0.25) is 23.8 Å². The van der Waals surface area contributed by atoms with Crippen molar-refractivity contribution in [1.29, 1.82) is 0 Å². The van der Waals surface area contributed by atoms with E-state index in [1.807, 2.05) is 16.0 Å². The van der Waals surface area contributed by atoms with E-state index in [1.165, 1.54) is 6.92 Å². The first-order valence-electron chi connectivity index (χ1n) is 13.9. The number of amides is 3. The number of nitrogens with one attached hydrogen (secondary N) is 3. The maximum Gasteiger partial charge on any atom is 0.347 e. The smallest absolute Gasteiger partial charge is 0.347 e. The van der Waals surface area contributed by atoms with Gasteiger partial charge in [-0.25, -0.2) is 14.4 Å². The van der Waals surface area contributed by atoms with Gasteiger partial charge in [-0.15, -0.1) is 0 Å². The number of aliphatic hydroxyl groups excluding tert-OH is 10. The lowest BCUT2D eigenvalue weighted by molar-refractivity contribution is -0.185. The molecule has 0 radical (unpaired) electrons. The van der Waals surface area contributed by atoms with Gasteiger partial charge < -0.3 is 81.6 Å². The van der Waals surface area contributed by atoms with E-state index in [9.17, 15) is 74.7 Å². The molecule has 0 heterocycles. The van der Waals surface area contributed by atoms with Crippen molar-refractivity contribution in [2.24, 2.45) is 0 Å². The number of ether oxygens (including phenoxy) is 2. The highest BCUT2D eigenvalue weighted by Gasteiger charge is 2.47. The van der Waals surface area contributed by atoms with Crippen molar-refractivity contribution < 1.29 is 94.4 Å².